The molecular formula is C23H26N2O5S. The number of nitrogens with one attached hydrogen (secondary N) is 2. The van der Waals surface area contributed by atoms with Gasteiger partial charge in [0.15, 0.2) is 0 Å². The van der Waals surface area contributed by atoms with Crippen LogP contribution in [-0.2, 0) is 14.8 Å². The van der Waals surface area contributed by atoms with Gasteiger partial charge in [-0.15, -0.1) is 0 Å². The highest BCUT2D eigenvalue weighted by Crippen LogP contribution is 2.30. The number of carboxylic acid groups (broad SMARTS) is 1. The summed E-state index contributed by atoms with van der Waals surface area (Å²) in [6, 6.07) is 16.7. The van der Waals surface area contributed by atoms with E-state index in [-0.39, 0.29) is 16.1 Å². The van der Waals surface area contributed by atoms with E-state index in [0.29, 0.717) is 30.8 Å². The summed E-state index contributed by atoms with van der Waals surface area (Å²) in [6.07, 6.45) is 1.68. The lowest BCUT2D eigenvalue weighted by Gasteiger charge is -2.16. The standard InChI is InChI=1S/C23H26N2O5S/c1-2-15-30-16-7-14-24-19-10-5-6-11-21(19)31(28,29)25-20-13-12-17-8-3-4-9-18(17)22(20)23(26)27/h3-6,8-13,24-25H,2,7,14-16H2,1H3,(H,26,27). The number of rotatable bonds is 11. The van der Waals surface area contributed by atoms with Gasteiger partial charge < -0.3 is 15.2 Å². The molecule has 3 aromatic carbocycles. The van der Waals surface area contributed by atoms with Crippen LogP contribution in [0.1, 0.15) is 30.1 Å². The van der Waals surface area contributed by atoms with Gasteiger partial charge in [-0.2, -0.15) is 0 Å². The van der Waals surface area contributed by atoms with Gasteiger partial charge in [0, 0.05) is 19.8 Å². The van der Waals surface area contributed by atoms with Gasteiger partial charge in [0.25, 0.3) is 10.0 Å². The maximum Gasteiger partial charge on any atom is 0.338 e. The highest BCUT2D eigenvalue weighted by atomic mass is 32.2. The Balaban J connectivity index is 1.85. The largest absolute Gasteiger partial charge is 0.478 e. The van der Waals surface area contributed by atoms with E-state index in [1.165, 1.54) is 12.1 Å². The van der Waals surface area contributed by atoms with E-state index in [1.807, 2.05) is 6.92 Å². The quantitative estimate of drug-likeness (QED) is 0.376. The lowest BCUT2D eigenvalue weighted by Crippen LogP contribution is -2.18. The average molecular weight is 443 g/mol. The summed E-state index contributed by atoms with van der Waals surface area (Å²) in [4.78, 5) is 12.0. The van der Waals surface area contributed by atoms with Crippen LogP contribution in [0.4, 0.5) is 11.4 Å². The topological polar surface area (TPSA) is 105 Å². The Morgan fingerprint density at radius 2 is 1.71 bits per heavy atom. The summed E-state index contributed by atoms with van der Waals surface area (Å²) in [5.74, 6) is -1.20. The van der Waals surface area contributed by atoms with Crippen molar-refractivity contribution in [1.29, 1.82) is 0 Å². The lowest BCUT2D eigenvalue weighted by atomic mass is 10.0. The van der Waals surface area contributed by atoms with Gasteiger partial charge in [0.1, 0.15) is 4.90 Å². The van der Waals surface area contributed by atoms with Crippen molar-refractivity contribution in [3.8, 4) is 0 Å². The molecule has 0 heterocycles. The third kappa shape index (κ3) is 5.53. The lowest BCUT2D eigenvalue weighted by molar-refractivity contribution is 0.0700. The molecule has 0 amide bonds. The normalized spacial score (nSPS) is 11.4. The van der Waals surface area contributed by atoms with E-state index in [9.17, 15) is 18.3 Å². The number of fused-ring (bicyclic) bond motifs is 1. The molecule has 0 bridgehead atoms. The van der Waals surface area contributed by atoms with Crippen molar-refractivity contribution in [2.45, 2.75) is 24.7 Å². The predicted octanol–water partition coefficient (Wildman–Crippen LogP) is 4.57. The smallest absolute Gasteiger partial charge is 0.338 e. The molecule has 0 aliphatic heterocycles. The van der Waals surface area contributed by atoms with Crippen molar-refractivity contribution in [2.75, 3.05) is 29.8 Å². The Hall–Kier alpha value is -3.10. The van der Waals surface area contributed by atoms with E-state index in [0.717, 1.165) is 18.2 Å². The molecule has 0 fully saturated rings. The second-order valence-corrected chi connectivity index (χ2v) is 8.66. The first-order valence-electron chi connectivity index (χ1n) is 10.1. The summed E-state index contributed by atoms with van der Waals surface area (Å²) in [5, 5.41) is 14.0. The van der Waals surface area contributed by atoms with Crippen molar-refractivity contribution in [1.82, 2.24) is 0 Å². The van der Waals surface area contributed by atoms with Crippen LogP contribution in [0.15, 0.2) is 65.6 Å². The van der Waals surface area contributed by atoms with E-state index >= 15 is 0 Å². The van der Waals surface area contributed by atoms with Gasteiger partial charge in [-0.1, -0.05) is 49.4 Å². The van der Waals surface area contributed by atoms with Gasteiger partial charge in [0.2, 0.25) is 0 Å². The van der Waals surface area contributed by atoms with Gasteiger partial charge in [-0.05, 0) is 41.8 Å². The average Bonchev–Trinajstić information content (AvgIpc) is 2.75. The molecule has 164 valence electrons. The number of aromatic carboxylic acids is 1. The number of carbonyl (C=O) groups is 1. The van der Waals surface area contributed by atoms with Crippen LogP contribution in [0.2, 0.25) is 0 Å². The Bertz CT molecular complexity index is 1160. The van der Waals surface area contributed by atoms with Crippen LogP contribution in [0, 0.1) is 0 Å². The molecule has 0 aliphatic carbocycles. The van der Waals surface area contributed by atoms with Crippen molar-refractivity contribution in [2.24, 2.45) is 0 Å². The van der Waals surface area contributed by atoms with E-state index in [2.05, 4.69) is 10.0 Å². The molecule has 8 heteroatoms. The number of ether oxygens (including phenoxy) is 1. The van der Waals surface area contributed by atoms with Crippen LogP contribution in [0.5, 0.6) is 0 Å². The molecule has 7 nitrogen and oxygen atoms in total. The third-order valence-electron chi connectivity index (χ3n) is 4.69. The van der Waals surface area contributed by atoms with Crippen molar-refractivity contribution >= 4 is 38.1 Å². The molecule has 0 spiro atoms. The molecule has 3 rings (SSSR count). The number of benzene rings is 3. The predicted molar refractivity (Wildman–Crippen MR) is 122 cm³/mol. The first kappa shape index (κ1) is 22.6. The van der Waals surface area contributed by atoms with E-state index in [1.54, 1.807) is 48.5 Å². The van der Waals surface area contributed by atoms with Crippen molar-refractivity contribution in [3.05, 3.63) is 66.2 Å². The molecule has 0 aliphatic rings. The monoisotopic (exact) mass is 442 g/mol. The second-order valence-electron chi connectivity index (χ2n) is 7.01. The van der Waals surface area contributed by atoms with Gasteiger partial charge in [-0.25, -0.2) is 13.2 Å². The second kappa shape index (κ2) is 10.3. The Labute approximate surface area is 182 Å². The molecule has 0 saturated heterocycles. The number of hydrogen-bond donors (Lipinski definition) is 3. The van der Waals surface area contributed by atoms with Gasteiger partial charge >= 0.3 is 5.97 Å². The zero-order valence-corrected chi connectivity index (χ0v) is 18.1. The number of para-hydroxylation sites is 1. The third-order valence-corrected chi connectivity index (χ3v) is 6.12. The summed E-state index contributed by atoms with van der Waals surface area (Å²) in [7, 11) is -4.03. The molecule has 0 radical (unpaired) electrons. The molecule has 31 heavy (non-hydrogen) atoms. The Morgan fingerprint density at radius 1 is 0.968 bits per heavy atom. The van der Waals surface area contributed by atoms with E-state index in [4.69, 9.17) is 4.74 Å². The maximum absolute atomic E-state index is 13.1. The highest BCUT2D eigenvalue weighted by molar-refractivity contribution is 7.92. The number of carboxylic acids is 1. The minimum absolute atomic E-state index is 0.0222. The first-order chi connectivity index (χ1) is 14.9. The van der Waals surface area contributed by atoms with Crippen LogP contribution in [0.3, 0.4) is 0 Å². The minimum atomic E-state index is -4.03. The molecule has 0 aromatic heterocycles. The van der Waals surface area contributed by atoms with Crippen LogP contribution in [0.25, 0.3) is 10.8 Å². The molecule has 0 unspecified atom stereocenters. The van der Waals surface area contributed by atoms with Crippen LogP contribution < -0.4 is 10.0 Å². The van der Waals surface area contributed by atoms with Crippen LogP contribution in [-0.4, -0.2) is 39.3 Å². The van der Waals surface area contributed by atoms with Gasteiger partial charge in [-0.3, -0.25) is 4.72 Å². The SMILES string of the molecule is CCCOCCCNc1ccccc1S(=O)(=O)Nc1ccc2ccccc2c1C(=O)O. The molecule has 0 atom stereocenters. The summed E-state index contributed by atoms with van der Waals surface area (Å²) < 4.78 is 34.2. The zero-order valence-electron chi connectivity index (χ0n) is 17.3. The van der Waals surface area contributed by atoms with E-state index < -0.39 is 16.0 Å². The number of hydrogen-bond acceptors (Lipinski definition) is 5. The molecule has 0 saturated carbocycles. The summed E-state index contributed by atoms with van der Waals surface area (Å²) in [5.41, 5.74) is 0.386. The fraction of sp³-hybridized carbons (Fsp3) is 0.261. The number of anilines is 2. The summed E-state index contributed by atoms with van der Waals surface area (Å²) >= 11 is 0. The Morgan fingerprint density at radius 3 is 2.48 bits per heavy atom. The first-order valence-corrected chi connectivity index (χ1v) is 11.6. The molecule has 3 N–H and O–H groups in total. The molecular weight excluding hydrogens is 416 g/mol. The van der Waals surface area contributed by atoms with Crippen molar-refractivity contribution < 1.29 is 23.1 Å². The maximum atomic E-state index is 13.1. The Kier molecular flexibility index (Phi) is 7.49. The number of sulfonamides is 1. The molecule has 3 aromatic rings. The van der Waals surface area contributed by atoms with Gasteiger partial charge in [0.05, 0.1) is 16.9 Å². The zero-order chi connectivity index (χ0) is 22.3. The fourth-order valence-electron chi connectivity index (χ4n) is 3.28. The highest BCUT2D eigenvalue weighted by Gasteiger charge is 2.22. The van der Waals surface area contributed by atoms with Crippen molar-refractivity contribution in [3.63, 3.8) is 0 Å². The fourth-order valence-corrected chi connectivity index (χ4v) is 4.53. The minimum Gasteiger partial charge on any atom is -0.478 e. The summed E-state index contributed by atoms with van der Waals surface area (Å²) in [6.45, 7) is 3.88. The van der Waals surface area contributed by atoms with Crippen LogP contribution >= 0.6 is 0 Å².